The van der Waals surface area contributed by atoms with Crippen LogP contribution in [-0.4, -0.2) is 47.5 Å². The zero-order valence-electron chi connectivity index (χ0n) is 17.0. The Morgan fingerprint density at radius 1 is 1.14 bits per heavy atom. The van der Waals surface area contributed by atoms with E-state index in [0.717, 1.165) is 25.7 Å². The minimum absolute atomic E-state index is 0.0104. The molecule has 158 valence electrons. The number of rotatable bonds is 7. The van der Waals surface area contributed by atoms with Crippen LogP contribution < -0.4 is 10.6 Å². The van der Waals surface area contributed by atoms with Crippen molar-refractivity contribution in [1.29, 1.82) is 0 Å². The number of nitrogens with zero attached hydrogens (tertiary/aromatic N) is 1. The summed E-state index contributed by atoms with van der Waals surface area (Å²) in [6.45, 7) is 1.99. The highest BCUT2D eigenvalue weighted by molar-refractivity contribution is 7.80. The average Bonchev–Trinajstić information content (AvgIpc) is 2.72. The second-order valence-corrected chi connectivity index (χ2v) is 7.47. The van der Waals surface area contributed by atoms with Crippen molar-refractivity contribution < 1.29 is 19.1 Å². The molecule has 0 heterocycles. The molecule has 0 saturated heterocycles. The number of anilines is 1. The van der Waals surface area contributed by atoms with E-state index in [1.54, 1.807) is 36.1 Å². The Kier molecular flexibility index (Phi) is 9.05. The number of carbonyl (C=O) groups excluding carboxylic acids is 3. The summed E-state index contributed by atoms with van der Waals surface area (Å²) in [4.78, 5) is 38.1. The molecule has 2 rings (SSSR count). The van der Waals surface area contributed by atoms with Crippen molar-refractivity contribution in [2.75, 3.05) is 19.0 Å². The second-order valence-electron chi connectivity index (χ2n) is 7.06. The zero-order chi connectivity index (χ0) is 21.2. The maximum Gasteiger partial charge on any atom is 0.306 e. The molecule has 0 bridgehead atoms. The number of nitrogens with one attached hydrogen (secondary N) is 2. The van der Waals surface area contributed by atoms with Crippen LogP contribution in [0.4, 0.5) is 5.69 Å². The Balaban J connectivity index is 1.95. The summed E-state index contributed by atoms with van der Waals surface area (Å²) in [5.41, 5.74) is 1.04. The van der Waals surface area contributed by atoms with E-state index in [9.17, 15) is 14.4 Å². The van der Waals surface area contributed by atoms with Gasteiger partial charge in [-0.1, -0.05) is 31.4 Å². The number of carbonyl (C=O) groups is 3. The lowest BCUT2D eigenvalue weighted by molar-refractivity contribution is -0.144. The molecule has 0 spiro atoms. The van der Waals surface area contributed by atoms with E-state index in [1.807, 2.05) is 7.05 Å². The maximum absolute atomic E-state index is 13.0. The molecule has 1 aromatic rings. The van der Waals surface area contributed by atoms with Gasteiger partial charge in [0.05, 0.1) is 24.3 Å². The molecular formula is C21H29N3O4S. The van der Waals surface area contributed by atoms with Crippen LogP contribution in [0.5, 0.6) is 0 Å². The third-order valence-electron chi connectivity index (χ3n) is 4.96. The van der Waals surface area contributed by atoms with E-state index >= 15 is 0 Å². The number of thiocarbonyl (C=S) groups is 1. The summed E-state index contributed by atoms with van der Waals surface area (Å²) < 4.78 is 4.80. The number of ether oxygens (including phenoxy) is 1. The van der Waals surface area contributed by atoms with Crippen molar-refractivity contribution in [3.8, 4) is 0 Å². The van der Waals surface area contributed by atoms with Gasteiger partial charge in [0.1, 0.15) is 0 Å². The summed E-state index contributed by atoms with van der Waals surface area (Å²) in [6, 6.07) is 7.34. The zero-order valence-corrected chi connectivity index (χ0v) is 17.8. The van der Waals surface area contributed by atoms with Crippen LogP contribution in [0.1, 0.15) is 62.2 Å². The third kappa shape index (κ3) is 7.12. The first-order valence-electron chi connectivity index (χ1n) is 10.0. The van der Waals surface area contributed by atoms with Crippen molar-refractivity contribution in [3.05, 3.63) is 29.8 Å². The number of para-hydroxylation sites is 1. The number of esters is 1. The Morgan fingerprint density at radius 3 is 2.52 bits per heavy atom. The highest BCUT2D eigenvalue weighted by Gasteiger charge is 2.24. The maximum atomic E-state index is 13.0. The predicted octanol–water partition coefficient (Wildman–Crippen LogP) is 3.25. The van der Waals surface area contributed by atoms with Gasteiger partial charge < -0.3 is 20.3 Å². The van der Waals surface area contributed by atoms with E-state index in [4.69, 9.17) is 17.0 Å². The van der Waals surface area contributed by atoms with Crippen LogP contribution in [0, 0.1) is 0 Å². The fourth-order valence-corrected chi connectivity index (χ4v) is 3.62. The quantitative estimate of drug-likeness (QED) is 0.521. The molecule has 1 saturated carbocycles. The highest BCUT2D eigenvalue weighted by Crippen LogP contribution is 2.25. The summed E-state index contributed by atoms with van der Waals surface area (Å²) >= 11 is 5.20. The topological polar surface area (TPSA) is 87.7 Å². The van der Waals surface area contributed by atoms with E-state index < -0.39 is 11.9 Å². The first kappa shape index (κ1) is 22.8. The molecule has 1 aromatic carbocycles. The fraction of sp³-hybridized carbons (Fsp3) is 0.524. The first-order valence-corrected chi connectivity index (χ1v) is 10.5. The largest absolute Gasteiger partial charge is 0.466 e. The minimum atomic E-state index is -0.428. The van der Waals surface area contributed by atoms with Crippen LogP contribution in [0.3, 0.4) is 0 Å². The minimum Gasteiger partial charge on any atom is -0.466 e. The van der Waals surface area contributed by atoms with Gasteiger partial charge in [-0.25, -0.2) is 0 Å². The van der Waals surface area contributed by atoms with Gasteiger partial charge in [0.15, 0.2) is 5.11 Å². The molecule has 0 aromatic heterocycles. The molecule has 7 nitrogen and oxygen atoms in total. The van der Waals surface area contributed by atoms with Gasteiger partial charge in [-0.3, -0.25) is 14.4 Å². The normalized spacial score (nSPS) is 14.0. The Hall–Kier alpha value is -2.48. The Labute approximate surface area is 177 Å². The van der Waals surface area contributed by atoms with Gasteiger partial charge in [-0.05, 0) is 44.1 Å². The van der Waals surface area contributed by atoms with Crippen LogP contribution in [0.25, 0.3) is 0 Å². The Morgan fingerprint density at radius 2 is 1.83 bits per heavy atom. The monoisotopic (exact) mass is 419 g/mol. The Bertz CT molecular complexity index is 747. The van der Waals surface area contributed by atoms with E-state index in [0.29, 0.717) is 11.3 Å². The highest BCUT2D eigenvalue weighted by atomic mass is 32.1. The van der Waals surface area contributed by atoms with Crippen molar-refractivity contribution in [2.45, 2.75) is 57.9 Å². The summed E-state index contributed by atoms with van der Waals surface area (Å²) in [6.07, 6.45) is 5.52. The van der Waals surface area contributed by atoms with Gasteiger partial charge in [0.2, 0.25) is 5.91 Å². The fourth-order valence-electron chi connectivity index (χ4n) is 3.39. The smallest absolute Gasteiger partial charge is 0.306 e. The molecule has 0 atom stereocenters. The molecule has 0 unspecified atom stereocenters. The number of amides is 2. The van der Waals surface area contributed by atoms with Gasteiger partial charge in [-0.2, -0.15) is 0 Å². The molecule has 0 radical (unpaired) electrons. The van der Waals surface area contributed by atoms with Gasteiger partial charge in [0, 0.05) is 19.5 Å². The summed E-state index contributed by atoms with van der Waals surface area (Å²) in [5.74, 6) is -0.890. The van der Waals surface area contributed by atoms with Crippen LogP contribution in [-0.2, 0) is 14.3 Å². The van der Waals surface area contributed by atoms with E-state index in [2.05, 4.69) is 10.6 Å². The van der Waals surface area contributed by atoms with Gasteiger partial charge in [-0.15, -0.1) is 0 Å². The number of hydrogen-bond acceptors (Lipinski definition) is 5. The predicted molar refractivity (Wildman–Crippen MR) is 116 cm³/mol. The standard InChI is InChI=1S/C21H29N3O4S/c1-3-28-19(26)14-13-18(25)23-21(29)22-17-12-8-7-11-16(17)20(27)24(2)15-9-5-4-6-10-15/h7-8,11-12,15H,3-6,9-10,13-14H2,1-2H3,(H2,22,23,25,29). The lowest BCUT2D eigenvalue weighted by atomic mass is 9.94. The lowest BCUT2D eigenvalue weighted by Gasteiger charge is -2.31. The summed E-state index contributed by atoms with van der Waals surface area (Å²) in [7, 11) is 1.84. The average molecular weight is 420 g/mol. The molecular weight excluding hydrogens is 390 g/mol. The summed E-state index contributed by atoms with van der Waals surface area (Å²) in [5, 5.41) is 5.54. The van der Waals surface area contributed by atoms with Crippen LogP contribution >= 0.6 is 12.2 Å². The first-order chi connectivity index (χ1) is 13.9. The van der Waals surface area contributed by atoms with E-state index in [1.165, 1.54) is 6.42 Å². The van der Waals surface area contributed by atoms with Crippen molar-refractivity contribution in [2.24, 2.45) is 0 Å². The molecule has 1 fully saturated rings. The SMILES string of the molecule is CCOC(=O)CCC(=O)NC(=S)Nc1ccccc1C(=O)N(C)C1CCCCC1. The molecule has 29 heavy (non-hydrogen) atoms. The molecule has 8 heteroatoms. The third-order valence-corrected chi connectivity index (χ3v) is 5.17. The van der Waals surface area contributed by atoms with Crippen LogP contribution in [0.2, 0.25) is 0 Å². The number of hydrogen-bond donors (Lipinski definition) is 2. The van der Waals surface area contributed by atoms with Gasteiger partial charge in [0.25, 0.3) is 5.91 Å². The molecule has 2 amide bonds. The van der Waals surface area contributed by atoms with E-state index in [-0.39, 0.29) is 36.5 Å². The van der Waals surface area contributed by atoms with Crippen molar-refractivity contribution in [3.63, 3.8) is 0 Å². The number of benzene rings is 1. The van der Waals surface area contributed by atoms with Gasteiger partial charge >= 0.3 is 5.97 Å². The molecule has 0 aliphatic heterocycles. The molecule has 1 aliphatic carbocycles. The van der Waals surface area contributed by atoms with Crippen molar-refractivity contribution in [1.82, 2.24) is 10.2 Å². The van der Waals surface area contributed by atoms with Crippen LogP contribution in [0.15, 0.2) is 24.3 Å². The molecule has 1 aliphatic rings. The molecule has 2 N–H and O–H groups in total. The lowest BCUT2D eigenvalue weighted by Crippen LogP contribution is -2.39. The van der Waals surface area contributed by atoms with Crippen molar-refractivity contribution >= 4 is 40.8 Å². The second kappa shape index (κ2) is 11.5.